The zero-order valence-corrected chi connectivity index (χ0v) is 12.4. The lowest BCUT2D eigenvalue weighted by Crippen LogP contribution is -2.53. The Bertz CT molecular complexity index is 401. The third kappa shape index (κ3) is 5.22. The first kappa shape index (κ1) is 17.2. The summed E-state index contributed by atoms with van der Waals surface area (Å²) in [4.78, 5) is 35.5. The van der Waals surface area contributed by atoms with E-state index in [-0.39, 0.29) is 18.9 Å². The third-order valence-corrected chi connectivity index (χ3v) is 3.75. The second kappa shape index (κ2) is 7.82. The molecule has 21 heavy (non-hydrogen) atoms. The van der Waals surface area contributed by atoms with Gasteiger partial charge in [-0.05, 0) is 18.8 Å². The van der Waals surface area contributed by atoms with Gasteiger partial charge in [-0.2, -0.15) is 0 Å². The molecule has 0 aromatic carbocycles. The molecule has 0 aliphatic carbocycles. The van der Waals surface area contributed by atoms with Gasteiger partial charge in [0.05, 0.1) is 6.10 Å². The van der Waals surface area contributed by atoms with Crippen molar-refractivity contribution in [1.29, 1.82) is 0 Å². The quantitative estimate of drug-likeness (QED) is 0.625. The molecule has 1 heterocycles. The fourth-order valence-corrected chi connectivity index (χ4v) is 2.31. The lowest BCUT2D eigenvalue weighted by Gasteiger charge is -2.36. The molecule has 1 rings (SSSR count). The second-order valence-electron chi connectivity index (χ2n) is 5.33. The number of nitrogens with zero attached hydrogens (tertiary/aromatic N) is 1. The van der Waals surface area contributed by atoms with E-state index in [0.717, 1.165) is 6.42 Å². The minimum absolute atomic E-state index is 0.0195. The van der Waals surface area contributed by atoms with E-state index in [1.807, 2.05) is 0 Å². The molecule has 1 aliphatic rings. The van der Waals surface area contributed by atoms with Crippen LogP contribution >= 0.6 is 0 Å². The molecular formula is C13H23N3O5. The number of urea groups is 1. The van der Waals surface area contributed by atoms with Crippen LogP contribution in [0.2, 0.25) is 0 Å². The van der Waals surface area contributed by atoms with Crippen LogP contribution in [0.4, 0.5) is 4.79 Å². The maximum absolute atomic E-state index is 12.1. The molecule has 1 aliphatic heterocycles. The van der Waals surface area contributed by atoms with Crippen molar-refractivity contribution >= 4 is 17.9 Å². The second-order valence-corrected chi connectivity index (χ2v) is 5.33. The Morgan fingerprint density at radius 1 is 1.48 bits per heavy atom. The minimum Gasteiger partial charge on any atom is -0.480 e. The predicted molar refractivity (Wildman–Crippen MR) is 74.5 cm³/mol. The van der Waals surface area contributed by atoms with Crippen LogP contribution in [0.25, 0.3) is 0 Å². The summed E-state index contributed by atoms with van der Waals surface area (Å²) in [6, 6.07) is -1.58. The average molecular weight is 301 g/mol. The summed E-state index contributed by atoms with van der Waals surface area (Å²) < 4.78 is 5.32. The van der Waals surface area contributed by atoms with Crippen LogP contribution in [0, 0.1) is 5.92 Å². The van der Waals surface area contributed by atoms with Crippen molar-refractivity contribution < 1.29 is 24.2 Å². The summed E-state index contributed by atoms with van der Waals surface area (Å²) in [5.41, 5.74) is 4.99. The fraction of sp³-hybridized carbons (Fsp3) is 0.769. The zero-order chi connectivity index (χ0) is 16.0. The van der Waals surface area contributed by atoms with Crippen LogP contribution < -0.4 is 11.1 Å². The van der Waals surface area contributed by atoms with Gasteiger partial charge < -0.3 is 25.8 Å². The van der Waals surface area contributed by atoms with E-state index in [2.05, 4.69) is 12.2 Å². The van der Waals surface area contributed by atoms with Crippen LogP contribution in [0.1, 0.15) is 26.2 Å². The Balaban J connectivity index is 2.56. The first-order chi connectivity index (χ1) is 9.85. The summed E-state index contributed by atoms with van der Waals surface area (Å²) in [6.07, 6.45) is 0.632. The van der Waals surface area contributed by atoms with E-state index in [1.165, 1.54) is 4.90 Å². The van der Waals surface area contributed by atoms with E-state index in [4.69, 9.17) is 15.6 Å². The number of hydrogen-bond acceptors (Lipinski definition) is 4. The standard InChI is InChI=1S/C13H23N3O5/c1-8-5-6-16(7-10(8)21-2)13(20)15-9(12(18)19)3-4-11(14)17/h8-10H,3-7H2,1-2H3,(H2,14,17)(H,15,20)(H,18,19). The Morgan fingerprint density at radius 3 is 2.67 bits per heavy atom. The molecule has 0 saturated carbocycles. The van der Waals surface area contributed by atoms with Gasteiger partial charge in [0, 0.05) is 26.6 Å². The van der Waals surface area contributed by atoms with Gasteiger partial charge in [-0.25, -0.2) is 9.59 Å². The highest BCUT2D eigenvalue weighted by molar-refractivity contribution is 5.83. The Hall–Kier alpha value is -1.83. The van der Waals surface area contributed by atoms with Crippen molar-refractivity contribution in [2.24, 2.45) is 11.7 Å². The van der Waals surface area contributed by atoms with Crippen LogP contribution in [0.5, 0.6) is 0 Å². The van der Waals surface area contributed by atoms with E-state index in [9.17, 15) is 14.4 Å². The number of carboxylic acids is 1. The molecular weight excluding hydrogens is 278 g/mol. The van der Waals surface area contributed by atoms with Crippen molar-refractivity contribution in [3.05, 3.63) is 0 Å². The zero-order valence-electron chi connectivity index (χ0n) is 12.4. The van der Waals surface area contributed by atoms with Crippen molar-refractivity contribution in [3.8, 4) is 0 Å². The molecule has 1 saturated heterocycles. The number of rotatable bonds is 6. The number of hydrogen-bond donors (Lipinski definition) is 3. The summed E-state index contributed by atoms with van der Waals surface area (Å²) in [7, 11) is 1.59. The van der Waals surface area contributed by atoms with Crippen LogP contribution in [-0.4, -0.2) is 60.3 Å². The smallest absolute Gasteiger partial charge is 0.326 e. The molecule has 0 radical (unpaired) electrons. The number of methoxy groups -OCH3 is 1. The molecule has 0 aromatic rings. The topological polar surface area (TPSA) is 122 Å². The SMILES string of the molecule is COC1CN(C(=O)NC(CCC(N)=O)C(=O)O)CCC1C. The number of carboxylic acid groups (broad SMARTS) is 1. The molecule has 3 unspecified atom stereocenters. The molecule has 0 aromatic heterocycles. The number of piperidine rings is 1. The van der Waals surface area contributed by atoms with Crippen molar-refractivity contribution in [1.82, 2.24) is 10.2 Å². The fourth-order valence-electron chi connectivity index (χ4n) is 2.31. The summed E-state index contributed by atoms with van der Waals surface area (Å²) in [5.74, 6) is -1.43. The number of aliphatic carboxylic acids is 1. The molecule has 0 bridgehead atoms. The highest BCUT2D eigenvalue weighted by Crippen LogP contribution is 2.19. The van der Waals surface area contributed by atoms with Gasteiger partial charge in [0.15, 0.2) is 0 Å². The van der Waals surface area contributed by atoms with Gasteiger partial charge in [-0.15, -0.1) is 0 Å². The van der Waals surface area contributed by atoms with Crippen LogP contribution in [-0.2, 0) is 14.3 Å². The summed E-state index contributed by atoms with van der Waals surface area (Å²) in [6.45, 7) is 3.02. The summed E-state index contributed by atoms with van der Waals surface area (Å²) in [5, 5.41) is 11.5. The first-order valence-corrected chi connectivity index (χ1v) is 6.94. The highest BCUT2D eigenvalue weighted by Gasteiger charge is 2.30. The number of carbonyl (C=O) groups excluding carboxylic acids is 2. The van der Waals surface area contributed by atoms with Crippen molar-refractivity contribution in [2.75, 3.05) is 20.2 Å². The van der Waals surface area contributed by atoms with Gasteiger partial charge in [0.2, 0.25) is 5.91 Å². The molecule has 120 valence electrons. The van der Waals surface area contributed by atoms with E-state index in [0.29, 0.717) is 19.0 Å². The maximum atomic E-state index is 12.1. The molecule has 8 heteroatoms. The predicted octanol–water partition coefficient (Wildman–Crippen LogP) is -0.228. The maximum Gasteiger partial charge on any atom is 0.326 e. The minimum atomic E-state index is -1.18. The highest BCUT2D eigenvalue weighted by atomic mass is 16.5. The molecule has 3 atom stereocenters. The Labute approximate surface area is 123 Å². The lowest BCUT2D eigenvalue weighted by atomic mass is 9.96. The Morgan fingerprint density at radius 2 is 2.14 bits per heavy atom. The summed E-state index contributed by atoms with van der Waals surface area (Å²) >= 11 is 0. The molecule has 8 nitrogen and oxygen atoms in total. The molecule has 4 N–H and O–H groups in total. The van der Waals surface area contributed by atoms with E-state index >= 15 is 0 Å². The normalized spacial score (nSPS) is 23.4. The number of ether oxygens (including phenoxy) is 1. The van der Waals surface area contributed by atoms with Crippen LogP contribution in [0.3, 0.4) is 0 Å². The first-order valence-electron chi connectivity index (χ1n) is 6.94. The number of primary amides is 1. The lowest BCUT2D eigenvalue weighted by molar-refractivity contribution is -0.139. The molecule has 3 amide bonds. The van der Waals surface area contributed by atoms with Gasteiger partial charge in [-0.3, -0.25) is 4.79 Å². The van der Waals surface area contributed by atoms with Gasteiger partial charge in [0.25, 0.3) is 0 Å². The van der Waals surface area contributed by atoms with E-state index < -0.39 is 23.9 Å². The van der Waals surface area contributed by atoms with Gasteiger partial charge in [0.1, 0.15) is 6.04 Å². The number of amides is 3. The van der Waals surface area contributed by atoms with E-state index in [1.54, 1.807) is 7.11 Å². The average Bonchev–Trinajstić information content (AvgIpc) is 2.43. The number of likely N-dealkylation sites (tertiary alicyclic amines) is 1. The Kier molecular flexibility index (Phi) is 6.41. The number of nitrogens with one attached hydrogen (secondary N) is 1. The van der Waals surface area contributed by atoms with Crippen molar-refractivity contribution in [3.63, 3.8) is 0 Å². The molecule has 1 fully saturated rings. The molecule has 0 spiro atoms. The number of carbonyl (C=O) groups is 3. The van der Waals surface area contributed by atoms with Gasteiger partial charge >= 0.3 is 12.0 Å². The van der Waals surface area contributed by atoms with Crippen LogP contribution in [0.15, 0.2) is 0 Å². The van der Waals surface area contributed by atoms with Crippen molar-refractivity contribution in [2.45, 2.75) is 38.3 Å². The largest absolute Gasteiger partial charge is 0.480 e. The monoisotopic (exact) mass is 301 g/mol. The number of nitrogens with two attached hydrogens (primary N) is 1. The third-order valence-electron chi connectivity index (χ3n) is 3.75. The van der Waals surface area contributed by atoms with Gasteiger partial charge in [-0.1, -0.05) is 6.92 Å².